The molecule has 1 heteroatoms. The minimum absolute atomic E-state index is 0.963. The number of nitrogens with zero attached hydrogens (tertiary/aromatic N) is 1. The summed E-state index contributed by atoms with van der Waals surface area (Å²) in [5, 5.41) is 0. The summed E-state index contributed by atoms with van der Waals surface area (Å²) in [5.41, 5.74) is 10.4. The molecular formula is C31H25N. The SMILES string of the molecule is Cc1cccc(-c2cc(-c3ccccc3)nc(-c3ccc(C4=CCC=CC=C4)cc3)c2)c1. The number of pyridine rings is 1. The van der Waals surface area contributed by atoms with Crippen LogP contribution in [0.3, 0.4) is 0 Å². The first-order chi connectivity index (χ1) is 15.8. The number of benzene rings is 3. The highest BCUT2D eigenvalue weighted by Crippen LogP contribution is 2.31. The van der Waals surface area contributed by atoms with Crippen molar-refractivity contribution < 1.29 is 0 Å². The molecule has 1 aliphatic rings. The number of aryl methyl sites for hydroxylation is 1. The first-order valence-electron chi connectivity index (χ1n) is 11.0. The molecular weight excluding hydrogens is 386 g/mol. The van der Waals surface area contributed by atoms with Crippen LogP contribution < -0.4 is 0 Å². The molecule has 0 aliphatic heterocycles. The molecule has 0 amide bonds. The fourth-order valence-corrected chi connectivity index (χ4v) is 4.05. The minimum atomic E-state index is 0.963. The van der Waals surface area contributed by atoms with Crippen molar-refractivity contribution in [2.75, 3.05) is 0 Å². The van der Waals surface area contributed by atoms with Gasteiger partial charge in [-0.1, -0.05) is 115 Å². The fourth-order valence-electron chi connectivity index (χ4n) is 4.05. The number of aromatic nitrogens is 1. The molecule has 0 saturated carbocycles. The third kappa shape index (κ3) is 4.38. The van der Waals surface area contributed by atoms with Crippen LogP contribution in [-0.2, 0) is 0 Å². The lowest BCUT2D eigenvalue weighted by atomic mass is 9.97. The summed E-state index contributed by atoms with van der Waals surface area (Å²) in [4.78, 5) is 5.04. The Morgan fingerprint density at radius 2 is 1.28 bits per heavy atom. The van der Waals surface area contributed by atoms with Crippen molar-refractivity contribution >= 4 is 5.57 Å². The van der Waals surface area contributed by atoms with Crippen molar-refractivity contribution in [1.82, 2.24) is 4.98 Å². The van der Waals surface area contributed by atoms with Crippen molar-refractivity contribution in [2.24, 2.45) is 0 Å². The molecule has 0 N–H and O–H groups in total. The lowest BCUT2D eigenvalue weighted by Crippen LogP contribution is -1.92. The second-order valence-electron chi connectivity index (χ2n) is 8.12. The van der Waals surface area contributed by atoms with Gasteiger partial charge in [-0.25, -0.2) is 4.98 Å². The van der Waals surface area contributed by atoms with Gasteiger partial charge in [-0.15, -0.1) is 0 Å². The van der Waals surface area contributed by atoms with E-state index >= 15 is 0 Å². The summed E-state index contributed by atoms with van der Waals surface area (Å²) in [7, 11) is 0. The van der Waals surface area contributed by atoms with E-state index in [0.717, 1.165) is 28.9 Å². The Kier molecular flexibility index (Phi) is 5.63. The Hall–Kier alpha value is -3.97. The zero-order chi connectivity index (χ0) is 21.8. The van der Waals surface area contributed by atoms with E-state index in [1.54, 1.807) is 0 Å². The van der Waals surface area contributed by atoms with E-state index in [-0.39, 0.29) is 0 Å². The van der Waals surface area contributed by atoms with Gasteiger partial charge in [0, 0.05) is 11.1 Å². The van der Waals surface area contributed by atoms with Crippen LogP contribution in [0, 0.1) is 6.92 Å². The van der Waals surface area contributed by atoms with E-state index in [1.165, 1.54) is 27.8 Å². The molecule has 154 valence electrons. The van der Waals surface area contributed by atoms with Gasteiger partial charge >= 0.3 is 0 Å². The first-order valence-corrected chi connectivity index (χ1v) is 11.0. The van der Waals surface area contributed by atoms with Gasteiger partial charge in [0.15, 0.2) is 0 Å². The molecule has 3 aromatic carbocycles. The summed E-state index contributed by atoms with van der Waals surface area (Å²) in [6.45, 7) is 2.13. The summed E-state index contributed by atoms with van der Waals surface area (Å²) >= 11 is 0. The van der Waals surface area contributed by atoms with Gasteiger partial charge < -0.3 is 0 Å². The molecule has 0 radical (unpaired) electrons. The molecule has 1 heterocycles. The zero-order valence-electron chi connectivity index (χ0n) is 18.2. The zero-order valence-corrected chi connectivity index (χ0v) is 18.2. The van der Waals surface area contributed by atoms with E-state index in [2.05, 4.69) is 122 Å². The molecule has 1 aromatic heterocycles. The van der Waals surface area contributed by atoms with Gasteiger partial charge in [0.25, 0.3) is 0 Å². The normalized spacial score (nSPS) is 13.0. The number of rotatable bonds is 4. The molecule has 0 bridgehead atoms. The number of allylic oxidation sites excluding steroid dienone is 6. The predicted octanol–water partition coefficient (Wildman–Crippen LogP) is 8.29. The van der Waals surface area contributed by atoms with Crippen LogP contribution >= 0.6 is 0 Å². The molecule has 32 heavy (non-hydrogen) atoms. The predicted molar refractivity (Wildman–Crippen MR) is 136 cm³/mol. The van der Waals surface area contributed by atoms with Gasteiger partial charge in [0.05, 0.1) is 11.4 Å². The third-order valence-electron chi connectivity index (χ3n) is 5.76. The Balaban J connectivity index is 1.58. The lowest BCUT2D eigenvalue weighted by molar-refractivity contribution is 1.32. The molecule has 5 rings (SSSR count). The third-order valence-corrected chi connectivity index (χ3v) is 5.76. The molecule has 0 spiro atoms. The maximum absolute atomic E-state index is 5.04. The van der Waals surface area contributed by atoms with Crippen LogP contribution in [0.2, 0.25) is 0 Å². The monoisotopic (exact) mass is 411 g/mol. The van der Waals surface area contributed by atoms with E-state index in [9.17, 15) is 0 Å². The van der Waals surface area contributed by atoms with E-state index in [1.807, 2.05) is 6.07 Å². The number of hydrogen-bond donors (Lipinski definition) is 0. The van der Waals surface area contributed by atoms with Gasteiger partial charge in [0.2, 0.25) is 0 Å². The van der Waals surface area contributed by atoms with E-state index in [0.29, 0.717) is 0 Å². The highest BCUT2D eigenvalue weighted by atomic mass is 14.7. The molecule has 1 nitrogen and oxygen atoms in total. The Morgan fingerprint density at radius 3 is 2.03 bits per heavy atom. The van der Waals surface area contributed by atoms with Crippen LogP contribution in [0.15, 0.2) is 121 Å². The largest absolute Gasteiger partial charge is 0.248 e. The van der Waals surface area contributed by atoms with Crippen molar-refractivity contribution in [3.63, 3.8) is 0 Å². The summed E-state index contributed by atoms with van der Waals surface area (Å²) < 4.78 is 0. The van der Waals surface area contributed by atoms with Crippen LogP contribution in [0.5, 0.6) is 0 Å². The highest BCUT2D eigenvalue weighted by Gasteiger charge is 2.10. The average molecular weight is 412 g/mol. The second kappa shape index (κ2) is 9.03. The van der Waals surface area contributed by atoms with Crippen molar-refractivity contribution in [3.8, 4) is 33.6 Å². The Bertz CT molecular complexity index is 1320. The quantitative estimate of drug-likeness (QED) is 0.329. The minimum Gasteiger partial charge on any atom is -0.248 e. The smallest absolute Gasteiger partial charge is 0.0715 e. The van der Waals surface area contributed by atoms with Gasteiger partial charge in [-0.2, -0.15) is 0 Å². The van der Waals surface area contributed by atoms with Gasteiger partial charge in [0.1, 0.15) is 0 Å². The van der Waals surface area contributed by atoms with E-state index < -0.39 is 0 Å². The van der Waals surface area contributed by atoms with Gasteiger partial charge in [-0.3, -0.25) is 0 Å². The maximum atomic E-state index is 5.04. The molecule has 0 atom stereocenters. The van der Waals surface area contributed by atoms with Crippen molar-refractivity contribution in [3.05, 3.63) is 133 Å². The van der Waals surface area contributed by atoms with Gasteiger partial charge in [-0.05, 0) is 47.7 Å². The van der Waals surface area contributed by atoms with Crippen LogP contribution in [0.1, 0.15) is 17.5 Å². The van der Waals surface area contributed by atoms with Crippen LogP contribution in [0.4, 0.5) is 0 Å². The highest BCUT2D eigenvalue weighted by molar-refractivity contribution is 5.79. The fraction of sp³-hybridized carbons (Fsp3) is 0.0645. The summed E-state index contributed by atoms with van der Waals surface area (Å²) in [6.07, 6.45) is 11.8. The standard InChI is InChI=1S/C31H25N/c1-23-10-9-15-28(20-23)29-21-30(26-13-7-4-8-14-26)32-31(22-29)27-18-16-25(17-19-27)24-11-5-2-3-6-12-24/h2-5,7-22H,6H2,1H3. The van der Waals surface area contributed by atoms with Crippen molar-refractivity contribution in [2.45, 2.75) is 13.3 Å². The molecule has 1 aliphatic carbocycles. The number of hydrogen-bond acceptors (Lipinski definition) is 1. The average Bonchev–Trinajstić information content (AvgIpc) is 3.14. The van der Waals surface area contributed by atoms with E-state index in [4.69, 9.17) is 4.98 Å². The topological polar surface area (TPSA) is 12.9 Å². The second-order valence-corrected chi connectivity index (χ2v) is 8.12. The molecule has 0 unspecified atom stereocenters. The van der Waals surface area contributed by atoms with Crippen molar-refractivity contribution in [1.29, 1.82) is 0 Å². The summed E-state index contributed by atoms with van der Waals surface area (Å²) in [6, 6.07) is 32.2. The molecule has 0 fully saturated rings. The summed E-state index contributed by atoms with van der Waals surface area (Å²) in [5.74, 6) is 0. The molecule has 4 aromatic rings. The lowest BCUT2D eigenvalue weighted by Gasteiger charge is -2.11. The Labute approximate surface area is 190 Å². The first kappa shape index (κ1) is 20.0. The van der Waals surface area contributed by atoms with Crippen LogP contribution in [0.25, 0.3) is 39.2 Å². The maximum Gasteiger partial charge on any atom is 0.0715 e. The Morgan fingerprint density at radius 1 is 0.594 bits per heavy atom. The molecule has 0 saturated heterocycles. The van der Waals surface area contributed by atoms with Crippen LogP contribution in [-0.4, -0.2) is 4.98 Å².